The van der Waals surface area contributed by atoms with E-state index in [-0.39, 0.29) is 24.6 Å². The van der Waals surface area contributed by atoms with E-state index < -0.39 is 6.10 Å². The van der Waals surface area contributed by atoms with Crippen molar-refractivity contribution in [3.8, 4) is 0 Å². The Morgan fingerprint density at radius 1 is 1.07 bits per heavy atom. The summed E-state index contributed by atoms with van der Waals surface area (Å²) in [6.07, 6.45) is 1.48. The Labute approximate surface area is 163 Å². The molecule has 0 saturated heterocycles. The maximum Gasteiger partial charge on any atom is 0.348 e. The molecular formula is C22H25N3O3. The van der Waals surface area contributed by atoms with Crippen LogP contribution in [0.5, 0.6) is 0 Å². The molecule has 1 atom stereocenters. The van der Waals surface area contributed by atoms with Gasteiger partial charge in [-0.25, -0.2) is 4.79 Å². The molecule has 1 N–H and O–H groups in total. The molecule has 6 nitrogen and oxygen atoms in total. The number of rotatable bonds is 4. The van der Waals surface area contributed by atoms with Gasteiger partial charge in [-0.2, -0.15) is 4.98 Å². The SMILES string of the molecule is Cc1ccc2c(c1)c1c(n2CC(O)Cn2c(C)cc(C)nc2=O)C(=O)CCC1. The molecule has 4 rings (SSSR count). The molecular weight excluding hydrogens is 354 g/mol. The van der Waals surface area contributed by atoms with Crippen molar-refractivity contribution >= 4 is 16.7 Å². The van der Waals surface area contributed by atoms with E-state index in [2.05, 4.69) is 11.1 Å². The van der Waals surface area contributed by atoms with Gasteiger partial charge in [-0.1, -0.05) is 11.6 Å². The van der Waals surface area contributed by atoms with Gasteiger partial charge in [0.1, 0.15) is 0 Å². The third kappa shape index (κ3) is 3.18. The van der Waals surface area contributed by atoms with Gasteiger partial charge in [0.2, 0.25) is 0 Å². The molecule has 0 spiro atoms. The first-order chi connectivity index (χ1) is 13.3. The highest BCUT2D eigenvalue weighted by Crippen LogP contribution is 2.33. The summed E-state index contributed by atoms with van der Waals surface area (Å²) in [4.78, 5) is 28.9. The molecule has 2 heterocycles. The lowest BCUT2D eigenvalue weighted by Gasteiger charge is -2.19. The van der Waals surface area contributed by atoms with Gasteiger partial charge in [0.25, 0.3) is 0 Å². The second kappa shape index (κ2) is 7.02. The van der Waals surface area contributed by atoms with E-state index in [9.17, 15) is 14.7 Å². The number of Topliss-reactive ketones (excluding diaryl/α,β-unsaturated/α-hetero) is 1. The van der Waals surface area contributed by atoms with Crippen LogP contribution in [0.1, 0.15) is 45.8 Å². The van der Waals surface area contributed by atoms with Crippen molar-refractivity contribution in [1.29, 1.82) is 0 Å². The molecule has 28 heavy (non-hydrogen) atoms. The average molecular weight is 379 g/mol. The van der Waals surface area contributed by atoms with Gasteiger partial charge >= 0.3 is 5.69 Å². The summed E-state index contributed by atoms with van der Waals surface area (Å²) in [6.45, 7) is 6.07. The Hall–Kier alpha value is -2.73. The molecule has 1 aliphatic rings. The van der Waals surface area contributed by atoms with Crippen LogP contribution in [0.4, 0.5) is 0 Å². The van der Waals surface area contributed by atoms with Crippen LogP contribution in [0.2, 0.25) is 0 Å². The lowest BCUT2D eigenvalue weighted by Crippen LogP contribution is -2.33. The average Bonchev–Trinajstić information content (AvgIpc) is 2.92. The minimum absolute atomic E-state index is 0.132. The Kier molecular flexibility index (Phi) is 4.67. The van der Waals surface area contributed by atoms with Gasteiger partial charge < -0.3 is 9.67 Å². The summed E-state index contributed by atoms with van der Waals surface area (Å²) in [5.74, 6) is 0.132. The molecule has 0 amide bonds. The number of carbonyl (C=O) groups is 1. The molecule has 0 bridgehead atoms. The molecule has 1 aliphatic carbocycles. The lowest BCUT2D eigenvalue weighted by atomic mass is 9.94. The highest BCUT2D eigenvalue weighted by molar-refractivity contribution is 6.04. The summed E-state index contributed by atoms with van der Waals surface area (Å²) in [6, 6.07) is 8.00. The van der Waals surface area contributed by atoms with Crippen molar-refractivity contribution in [2.24, 2.45) is 0 Å². The third-order valence-corrected chi connectivity index (χ3v) is 5.55. The van der Waals surface area contributed by atoms with Crippen LogP contribution < -0.4 is 5.69 Å². The van der Waals surface area contributed by atoms with Gasteiger partial charge in [0.15, 0.2) is 5.78 Å². The van der Waals surface area contributed by atoms with Crippen molar-refractivity contribution in [3.05, 3.63) is 63.0 Å². The zero-order valence-electron chi connectivity index (χ0n) is 16.5. The van der Waals surface area contributed by atoms with E-state index in [0.717, 1.165) is 46.3 Å². The summed E-state index contributed by atoms with van der Waals surface area (Å²) in [7, 11) is 0. The largest absolute Gasteiger partial charge is 0.389 e. The van der Waals surface area contributed by atoms with Crippen molar-refractivity contribution < 1.29 is 9.90 Å². The highest BCUT2D eigenvalue weighted by Gasteiger charge is 2.27. The van der Waals surface area contributed by atoms with Crippen LogP contribution in [-0.2, 0) is 19.5 Å². The third-order valence-electron chi connectivity index (χ3n) is 5.55. The van der Waals surface area contributed by atoms with Gasteiger partial charge in [-0.15, -0.1) is 0 Å². The second-order valence-corrected chi connectivity index (χ2v) is 7.82. The van der Waals surface area contributed by atoms with Gasteiger partial charge in [-0.3, -0.25) is 9.36 Å². The van der Waals surface area contributed by atoms with Crippen molar-refractivity contribution in [3.63, 3.8) is 0 Å². The van der Waals surface area contributed by atoms with Crippen molar-refractivity contribution in [2.45, 2.75) is 59.2 Å². The van der Waals surface area contributed by atoms with E-state index >= 15 is 0 Å². The number of carbonyl (C=O) groups excluding carboxylic acids is 1. The van der Waals surface area contributed by atoms with E-state index in [1.807, 2.05) is 36.6 Å². The van der Waals surface area contributed by atoms with Crippen LogP contribution in [0.15, 0.2) is 29.1 Å². The molecule has 1 unspecified atom stereocenters. The molecule has 3 aromatic rings. The molecule has 0 fully saturated rings. The summed E-state index contributed by atoms with van der Waals surface area (Å²) in [5, 5.41) is 11.9. The monoisotopic (exact) mass is 379 g/mol. The van der Waals surface area contributed by atoms with E-state index in [1.165, 1.54) is 4.57 Å². The first-order valence-electron chi connectivity index (χ1n) is 9.73. The van der Waals surface area contributed by atoms with Gasteiger partial charge in [0, 0.05) is 28.7 Å². The maximum atomic E-state index is 12.7. The number of aryl methyl sites for hydroxylation is 4. The number of fused-ring (bicyclic) bond motifs is 3. The number of aliphatic hydroxyl groups is 1. The number of benzene rings is 1. The number of hydrogen-bond donors (Lipinski definition) is 1. The zero-order valence-corrected chi connectivity index (χ0v) is 16.5. The molecule has 0 aliphatic heterocycles. The van der Waals surface area contributed by atoms with E-state index in [0.29, 0.717) is 12.1 Å². The number of ketones is 1. The molecule has 1 aromatic carbocycles. The normalized spacial score (nSPS) is 15.1. The first-order valence-corrected chi connectivity index (χ1v) is 9.73. The van der Waals surface area contributed by atoms with E-state index in [4.69, 9.17) is 0 Å². The van der Waals surface area contributed by atoms with Gasteiger partial charge in [-0.05, 0) is 57.4 Å². The van der Waals surface area contributed by atoms with Crippen LogP contribution in [0.25, 0.3) is 10.9 Å². The Morgan fingerprint density at radius 3 is 2.57 bits per heavy atom. The highest BCUT2D eigenvalue weighted by atomic mass is 16.3. The molecule has 146 valence electrons. The van der Waals surface area contributed by atoms with E-state index in [1.54, 1.807) is 6.92 Å². The number of aromatic nitrogens is 3. The van der Waals surface area contributed by atoms with Crippen LogP contribution >= 0.6 is 0 Å². The van der Waals surface area contributed by atoms with Crippen LogP contribution in [0.3, 0.4) is 0 Å². The fourth-order valence-corrected chi connectivity index (χ4v) is 4.32. The van der Waals surface area contributed by atoms with Crippen LogP contribution in [0, 0.1) is 20.8 Å². The first kappa shape index (κ1) is 18.6. The molecule has 0 saturated carbocycles. The fraction of sp³-hybridized carbons (Fsp3) is 0.409. The molecule has 6 heteroatoms. The summed E-state index contributed by atoms with van der Waals surface area (Å²) >= 11 is 0. The minimum Gasteiger partial charge on any atom is -0.389 e. The number of aliphatic hydroxyl groups excluding tert-OH is 1. The van der Waals surface area contributed by atoms with Crippen LogP contribution in [-0.4, -0.2) is 31.1 Å². The summed E-state index contributed by atoms with van der Waals surface area (Å²) in [5.41, 5.74) is 5.00. The Morgan fingerprint density at radius 2 is 1.82 bits per heavy atom. The smallest absolute Gasteiger partial charge is 0.348 e. The number of hydrogen-bond acceptors (Lipinski definition) is 4. The predicted octanol–water partition coefficient (Wildman–Crippen LogP) is 2.70. The minimum atomic E-state index is -0.809. The van der Waals surface area contributed by atoms with Crippen molar-refractivity contribution in [2.75, 3.05) is 0 Å². The molecule has 2 aromatic heterocycles. The Balaban J connectivity index is 1.73. The Bertz CT molecular complexity index is 1140. The molecule has 0 radical (unpaired) electrons. The standard InChI is InChI=1S/C22H25N3O3/c1-13-7-8-19-18(9-13)17-5-4-6-20(27)21(17)25(19)12-16(26)11-24-15(3)10-14(2)23-22(24)28/h7-10,16,26H,4-6,11-12H2,1-3H3. The summed E-state index contributed by atoms with van der Waals surface area (Å²) < 4.78 is 3.43. The predicted molar refractivity (Wildman–Crippen MR) is 108 cm³/mol. The zero-order chi connectivity index (χ0) is 20.0. The van der Waals surface area contributed by atoms with Crippen molar-refractivity contribution in [1.82, 2.24) is 14.1 Å². The second-order valence-electron chi connectivity index (χ2n) is 7.82. The van der Waals surface area contributed by atoms with Gasteiger partial charge in [0.05, 0.1) is 24.9 Å². The topological polar surface area (TPSA) is 77.1 Å². The quantitative estimate of drug-likeness (QED) is 0.756. The maximum absolute atomic E-state index is 12.7. The number of nitrogens with zero attached hydrogens (tertiary/aromatic N) is 3. The fourth-order valence-electron chi connectivity index (χ4n) is 4.32. The lowest BCUT2D eigenvalue weighted by molar-refractivity contribution is 0.0952.